The zero-order valence-corrected chi connectivity index (χ0v) is 12.9. The van der Waals surface area contributed by atoms with Gasteiger partial charge in [-0.1, -0.05) is 32.0 Å². The third-order valence-corrected chi connectivity index (χ3v) is 4.35. The van der Waals surface area contributed by atoms with Gasteiger partial charge in [0, 0.05) is 13.0 Å². The van der Waals surface area contributed by atoms with Crippen LogP contribution in [0.3, 0.4) is 0 Å². The lowest BCUT2D eigenvalue weighted by Crippen LogP contribution is -2.25. The summed E-state index contributed by atoms with van der Waals surface area (Å²) in [5, 5.41) is 3.05. The summed E-state index contributed by atoms with van der Waals surface area (Å²) in [6, 6.07) is 6.98. The molecule has 1 aromatic carbocycles. The van der Waals surface area contributed by atoms with Crippen LogP contribution < -0.4 is 5.32 Å². The number of fused-ring (bicyclic) bond motifs is 1. The number of aryl methyl sites for hydroxylation is 2. The number of hydrogen-bond donors (Lipinski definition) is 1. The molecule has 1 aliphatic rings. The summed E-state index contributed by atoms with van der Waals surface area (Å²) in [4.78, 5) is 11.5. The van der Waals surface area contributed by atoms with Gasteiger partial charge in [0.2, 0.25) is 5.91 Å². The minimum atomic E-state index is 0.200. The predicted octanol–water partition coefficient (Wildman–Crippen LogP) is 3.98. The third-order valence-electron chi connectivity index (χ3n) is 4.35. The summed E-state index contributed by atoms with van der Waals surface area (Å²) in [5.74, 6) is 0.831. The Kier molecular flexibility index (Phi) is 5.63. The molecule has 1 unspecified atom stereocenters. The number of hydrogen-bond acceptors (Lipinski definition) is 1. The van der Waals surface area contributed by atoms with Gasteiger partial charge >= 0.3 is 0 Å². The van der Waals surface area contributed by atoms with Crippen molar-refractivity contribution in [2.45, 2.75) is 64.7 Å². The lowest BCUT2D eigenvalue weighted by atomic mass is 9.80. The molecule has 110 valence electrons. The van der Waals surface area contributed by atoms with Crippen LogP contribution in [0.25, 0.3) is 0 Å². The average molecular weight is 273 g/mol. The van der Waals surface area contributed by atoms with Gasteiger partial charge in [-0.15, -0.1) is 0 Å². The summed E-state index contributed by atoms with van der Waals surface area (Å²) in [6.45, 7) is 5.08. The van der Waals surface area contributed by atoms with E-state index in [1.165, 1.54) is 30.4 Å². The largest absolute Gasteiger partial charge is 0.356 e. The first-order chi connectivity index (χ1) is 9.74. The summed E-state index contributed by atoms with van der Waals surface area (Å²) < 4.78 is 0. The van der Waals surface area contributed by atoms with Crippen molar-refractivity contribution in [2.24, 2.45) is 0 Å². The molecule has 0 heterocycles. The van der Waals surface area contributed by atoms with Gasteiger partial charge in [0.25, 0.3) is 0 Å². The van der Waals surface area contributed by atoms with Gasteiger partial charge in [-0.05, 0) is 61.1 Å². The van der Waals surface area contributed by atoms with Gasteiger partial charge in [0.15, 0.2) is 0 Å². The van der Waals surface area contributed by atoms with Crippen molar-refractivity contribution in [1.29, 1.82) is 0 Å². The number of carbonyl (C=O) groups is 1. The second-order valence-electron chi connectivity index (χ2n) is 5.86. The van der Waals surface area contributed by atoms with E-state index in [9.17, 15) is 4.79 Å². The Morgan fingerprint density at radius 3 is 2.95 bits per heavy atom. The van der Waals surface area contributed by atoms with Gasteiger partial charge in [-0.25, -0.2) is 0 Å². The van der Waals surface area contributed by atoms with Crippen LogP contribution in [0.2, 0.25) is 0 Å². The first-order valence-corrected chi connectivity index (χ1v) is 8.13. The Morgan fingerprint density at radius 2 is 2.20 bits per heavy atom. The fourth-order valence-corrected chi connectivity index (χ4v) is 3.17. The normalized spacial score (nSPS) is 17.6. The van der Waals surface area contributed by atoms with E-state index in [1.807, 2.05) is 6.92 Å². The van der Waals surface area contributed by atoms with E-state index < -0.39 is 0 Å². The van der Waals surface area contributed by atoms with Crippen LogP contribution in [0.5, 0.6) is 0 Å². The van der Waals surface area contributed by atoms with Crippen molar-refractivity contribution < 1.29 is 4.79 Å². The molecule has 0 saturated carbocycles. The minimum absolute atomic E-state index is 0.200. The van der Waals surface area contributed by atoms with Gasteiger partial charge < -0.3 is 5.32 Å². The van der Waals surface area contributed by atoms with E-state index in [2.05, 4.69) is 30.4 Å². The molecular formula is C18H27NO. The van der Waals surface area contributed by atoms with E-state index in [4.69, 9.17) is 0 Å². The van der Waals surface area contributed by atoms with Gasteiger partial charge in [0.1, 0.15) is 0 Å². The van der Waals surface area contributed by atoms with Crippen molar-refractivity contribution in [1.82, 2.24) is 5.32 Å². The minimum Gasteiger partial charge on any atom is -0.356 e. The molecule has 0 spiro atoms. The number of nitrogens with one attached hydrogen (secondary N) is 1. The molecule has 0 fully saturated rings. The molecular weight excluding hydrogens is 246 g/mol. The molecule has 2 heteroatoms. The van der Waals surface area contributed by atoms with Crippen LogP contribution in [-0.2, 0) is 17.6 Å². The van der Waals surface area contributed by atoms with Crippen molar-refractivity contribution in [3.05, 3.63) is 34.9 Å². The molecule has 1 atom stereocenters. The smallest absolute Gasteiger partial charge is 0.219 e. The number of benzene rings is 1. The zero-order chi connectivity index (χ0) is 14.4. The highest BCUT2D eigenvalue weighted by Gasteiger charge is 2.20. The molecule has 1 amide bonds. The topological polar surface area (TPSA) is 29.1 Å². The van der Waals surface area contributed by atoms with Gasteiger partial charge in [0.05, 0.1) is 0 Å². The molecule has 2 rings (SSSR count). The molecule has 2 nitrogen and oxygen atoms in total. The maximum absolute atomic E-state index is 11.5. The summed E-state index contributed by atoms with van der Waals surface area (Å²) in [7, 11) is 0. The van der Waals surface area contributed by atoms with Crippen molar-refractivity contribution in [3.63, 3.8) is 0 Å². The number of carbonyl (C=O) groups excluding carboxylic acids is 1. The highest BCUT2D eigenvalue weighted by Crippen LogP contribution is 2.34. The second kappa shape index (κ2) is 7.47. The summed E-state index contributed by atoms with van der Waals surface area (Å²) in [5.41, 5.74) is 4.50. The Balaban J connectivity index is 1.95. The van der Waals surface area contributed by atoms with Crippen LogP contribution in [-0.4, -0.2) is 12.5 Å². The highest BCUT2D eigenvalue weighted by molar-refractivity contribution is 5.75. The van der Waals surface area contributed by atoms with Gasteiger partial charge in [-0.2, -0.15) is 0 Å². The van der Waals surface area contributed by atoms with Crippen LogP contribution in [0.1, 0.15) is 68.6 Å². The lowest BCUT2D eigenvalue weighted by molar-refractivity contribution is -0.121. The average Bonchev–Trinajstić information content (AvgIpc) is 2.47. The van der Waals surface area contributed by atoms with E-state index in [1.54, 1.807) is 5.56 Å². The molecule has 0 saturated heterocycles. The molecule has 20 heavy (non-hydrogen) atoms. The van der Waals surface area contributed by atoms with Crippen molar-refractivity contribution >= 4 is 5.91 Å². The van der Waals surface area contributed by atoms with E-state index in [0.717, 1.165) is 25.8 Å². The molecule has 0 aliphatic heterocycles. The number of rotatable bonds is 6. The van der Waals surface area contributed by atoms with E-state index in [-0.39, 0.29) is 5.91 Å². The molecule has 1 aliphatic carbocycles. The maximum atomic E-state index is 11.5. The fraction of sp³-hybridized carbons (Fsp3) is 0.611. The van der Waals surface area contributed by atoms with Crippen LogP contribution in [0.15, 0.2) is 18.2 Å². The fourth-order valence-electron chi connectivity index (χ4n) is 3.17. The Labute approximate surface area is 123 Å². The summed E-state index contributed by atoms with van der Waals surface area (Å²) in [6.07, 6.45) is 7.54. The Hall–Kier alpha value is -1.31. The quantitative estimate of drug-likeness (QED) is 0.834. The van der Waals surface area contributed by atoms with Crippen LogP contribution >= 0.6 is 0 Å². The maximum Gasteiger partial charge on any atom is 0.219 e. The molecule has 0 bridgehead atoms. The standard InChI is InChI=1S/C18H27NO/c1-3-6-18(20)19-12-11-16-8-5-7-15-10-9-14(4-2)13-17(15)16/h9-10,13,16H,3-8,11-12H2,1-2H3,(H,19,20). The van der Waals surface area contributed by atoms with Crippen LogP contribution in [0, 0.1) is 0 Å². The van der Waals surface area contributed by atoms with E-state index in [0.29, 0.717) is 12.3 Å². The van der Waals surface area contributed by atoms with Gasteiger partial charge in [-0.3, -0.25) is 4.79 Å². The van der Waals surface area contributed by atoms with Crippen molar-refractivity contribution in [2.75, 3.05) is 6.54 Å². The molecule has 0 aromatic heterocycles. The lowest BCUT2D eigenvalue weighted by Gasteiger charge is -2.26. The molecule has 1 aromatic rings. The highest BCUT2D eigenvalue weighted by atomic mass is 16.1. The predicted molar refractivity (Wildman–Crippen MR) is 84.0 cm³/mol. The Morgan fingerprint density at radius 1 is 1.35 bits per heavy atom. The number of amides is 1. The first-order valence-electron chi connectivity index (χ1n) is 8.13. The molecule has 0 radical (unpaired) electrons. The molecule has 1 N–H and O–H groups in total. The monoisotopic (exact) mass is 273 g/mol. The SMILES string of the molecule is CCCC(=O)NCCC1CCCc2ccc(CC)cc21. The second-order valence-corrected chi connectivity index (χ2v) is 5.86. The Bertz CT molecular complexity index is 453. The third kappa shape index (κ3) is 3.84. The van der Waals surface area contributed by atoms with E-state index >= 15 is 0 Å². The first kappa shape index (κ1) is 15.1. The summed E-state index contributed by atoms with van der Waals surface area (Å²) >= 11 is 0. The van der Waals surface area contributed by atoms with Crippen molar-refractivity contribution in [3.8, 4) is 0 Å². The van der Waals surface area contributed by atoms with Crippen LogP contribution in [0.4, 0.5) is 0 Å². The zero-order valence-electron chi connectivity index (χ0n) is 12.9.